The summed E-state index contributed by atoms with van der Waals surface area (Å²) in [4.78, 5) is 16.8. The smallest absolute Gasteiger partial charge is 0.263 e. The van der Waals surface area contributed by atoms with Gasteiger partial charge < -0.3 is 9.64 Å². The van der Waals surface area contributed by atoms with Crippen molar-refractivity contribution in [2.75, 3.05) is 26.2 Å². The lowest BCUT2D eigenvalue weighted by molar-refractivity contribution is -0.139. The van der Waals surface area contributed by atoms with Crippen molar-refractivity contribution >= 4 is 17.2 Å². The minimum atomic E-state index is -0.531. The zero-order valence-corrected chi connectivity index (χ0v) is 15.0. The van der Waals surface area contributed by atoms with E-state index in [1.165, 1.54) is 5.56 Å². The highest BCUT2D eigenvalue weighted by molar-refractivity contribution is 7.07. The van der Waals surface area contributed by atoms with E-state index in [4.69, 9.17) is 10.00 Å². The van der Waals surface area contributed by atoms with Gasteiger partial charge in [-0.3, -0.25) is 9.69 Å². The fourth-order valence-corrected chi connectivity index (χ4v) is 3.55. The third kappa shape index (κ3) is 4.59. The molecule has 1 unspecified atom stereocenters. The van der Waals surface area contributed by atoms with Crippen LogP contribution in [-0.2, 0) is 11.3 Å². The second-order valence-electron chi connectivity index (χ2n) is 6.13. The van der Waals surface area contributed by atoms with Gasteiger partial charge in [-0.2, -0.15) is 16.6 Å². The Morgan fingerprint density at radius 1 is 1.24 bits per heavy atom. The van der Waals surface area contributed by atoms with Crippen LogP contribution in [0, 0.1) is 11.3 Å². The fraction of sp³-hybridized carbons (Fsp3) is 0.368. The molecule has 2 aromatic rings. The van der Waals surface area contributed by atoms with E-state index in [0.29, 0.717) is 11.3 Å². The fourth-order valence-electron chi connectivity index (χ4n) is 2.89. The Kier molecular flexibility index (Phi) is 5.69. The molecule has 1 amide bonds. The molecule has 0 spiro atoms. The second kappa shape index (κ2) is 8.15. The first-order valence-corrected chi connectivity index (χ1v) is 9.29. The van der Waals surface area contributed by atoms with Crippen LogP contribution in [-0.4, -0.2) is 48.0 Å². The van der Waals surface area contributed by atoms with Crippen molar-refractivity contribution < 1.29 is 9.53 Å². The van der Waals surface area contributed by atoms with Crippen LogP contribution in [0.2, 0.25) is 0 Å². The number of thiophene rings is 1. The Balaban J connectivity index is 1.48. The topological polar surface area (TPSA) is 56.6 Å². The van der Waals surface area contributed by atoms with Crippen molar-refractivity contribution in [3.05, 3.63) is 52.2 Å². The molecular formula is C19H21N3O2S. The highest BCUT2D eigenvalue weighted by Crippen LogP contribution is 2.16. The minimum absolute atomic E-state index is 0.0135. The zero-order chi connectivity index (χ0) is 17.6. The number of carbonyl (C=O) groups excluding carboxylic acids is 1. The predicted octanol–water partition coefficient (Wildman–Crippen LogP) is 2.73. The van der Waals surface area contributed by atoms with E-state index in [-0.39, 0.29) is 5.91 Å². The quantitative estimate of drug-likeness (QED) is 0.827. The van der Waals surface area contributed by atoms with E-state index in [1.807, 2.05) is 4.90 Å². The van der Waals surface area contributed by atoms with E-state index < -0.39 is 6.10 Å². The van der Waals surface area contributed by atoms with Gasteiger partial charge in [0.05, 0.1) is 11.6 Å². The summed E-state index contributed by atoms with van der Waals surface area (Å²) in [5.74, 6) is 0.621. The molecule has 3 rings (SSSR count). The normalized spacial score (nSPS) is 16.2. The molecular weight excluding hydrogens is 334 g/mol. The number of hydrogen-bond donors (Lipinski definition) is 0. The maximum Gasteiger partial charge on any atom is 0.263 e. The summed E-state index contributed by atoms with van der Waals surface area (Å²) in [5.41, 5.74) is 1.91. The average molecular weight is 355 g/mol. The Bertz CT molecular complexity index is 729. The van der Waals surface area contributed by atoms with Crippen molar-refractivity contribution in [1.29, 1.82) is 5.26 Å². The van der Waals surface area contributed by atoms with Crippen LogP contribution in [0.25, 0.3) is 0 Å². The predicted molar refractivity (Wildman–Crippen MR) is 97.4 cm³/mol. The Hall–Kier alpha value is -2.36. The molecule has 1 aliphatic heterocycles. The Morgan fingerprint density at radius 3 is 2.56 bits per heavy atom. The summed E-state index contributed by atoms with van der Waals surface area (Å²) in [6.07, 6.45) is -0.531. The number of rotatable bonds is 5. The van der Waals surface area contributed by atoms with Gasteiger partial charge >= 0.3 is 0 Å². The largest absolute Gasteiger partial charge is 0.481 e. The monoisotopic (exact) mass is 355 g/mol. The second-order valence-corrected chi connectivity index (χ2v) is 6.91. The number of amides is 1. The lowest BCUT2D eigenvalue weighted by Gasteiger charge is -2.35. The lowest BCUT2D eigenvalue weighted by Crippen LogP contribution is -2.51. The van der Waals surface area contributed by atoms with Crippen LogP contribution >= 0.6 is 11.3 Å². The third-order valence-corrected chi connectivity index (χ3v) is 5.05. The number of benzene rings is 1. The van der Waals surface area contributed by atoms with Gasteiger partial charge in [0.2, 0.25) is 0 Å². The van der Waals surface area contributed by atoms with Crippen LogP contribution in [0.15, 0.2) is 41.1 Å². The van der Waals surface area contributed by atoms with Gasteiger partial charge in [0.15, 0.2) is 6.10 Å². The van der Waals surface area contributed by atoms with Gasteiger partial charge in [0.25, 0.3) is 5.91 Å². The molecule has 1 saturated heterocycles. The summed E-state index contributed by atoms with van der Waals surface area (Å²) in [7, 11) is 0. The van der Waals surface area contributed by atoms with E-state index in [0.717, 1.165) is 32.7 Å². The number of nitrogens with zero attached hydrogens (tertiary/aromatic N) is 3. The maximum absolute atomic E-state index is 12.6. The summed E-state index contributed by atoms with van der Waals surface area (Å²) < 4.78 is 5.73. The lowest BCUT2D eigenvalue weighted by atomic mass is 10.2. The third-order valence-electron chi connectivity index (χ3n) is 4.31. The molecule has 6 heteroatoms. The van der Waals surface area contributed by atoms with Crippen molar-refractivity contribution in [3.8, 4) is 11.8 Å². The highest BCUT2D eigenvalue weighted by Gasteiger charge is 2.26. The molecule has 2 heterocycles. The molecule has 0 bridgehead atoms. The van der Waals surface area contributed by atoms with E-state index in [1.54, 1.807) is 42.5 Å². The molecule has 1 fully saturated rings. The van der Waals surface area contributed by atoms with Crippen LogP contribution in [0.4, 0.5) is 0 Å². The number of carbonyl (C=O) groups is 1. The first-order chi connectivity index (χ1) is 12.2. The average Bonchev–Trinajstić information content (AvgIpc) is 3.15. The molecule has 0 saturated carbocycles. The number of piperazine rings is 1. The standard InChI is InChI=1S/C19H21N3O2S/c1-15(24-18-4-2-16(12-20)3-5-18)19(23)22-9-7-21(8-10-22)13-17-6-11-25-14-17/h2-6,11,14-15H,7-10,13H2,1H3. The first kappa shape index (κ1) is 17.5. The van der Waals surface area contributed by atoms with Crippen molar-refractivity contribution in [2.24, 2.45) is 0 Å². The van der Waals surface area contributed by atoms with Crippen LogP contribution in [0.1, 0.15) is 18.1 Å². The van der Waals surface area contributed by atoms with Gasteiger partial charge in [0, 0.05) is 32.7 Å². The van der Waals surface area contributed by atoms with Crippen LogP contribution in [0.5, 0.6) is 5.75 Å². The zero-order valence-electron chi connectivity index (χ0n) is 14.2. The number of nitriles is 1. The van der Waals surface area contributed by atoms with Gasteiger partial charge in [0.1, 0.15) is 5.75 Å². The maximum atomic E-state index is 12.6. The summed E-state index contributed by atoms with van der Waals surface area (Å²) >= 11 is 1.72. The highest BCUT2D eigenvalue weighted by atomic mass is 32.1. The van der Waals surface area contributed by atoms with E-state index >= 15 is 0 Å². The molecule has 130 valence electrons. The number of ether oxygens (including phenoxy) is 1. The van der Waals surface area contributed by atoms with Gasteiger partial charge in [-0.15, -0.1) is 0 Å². The van der Waals surface area contributed by atoms with Gasteiger partial charge in [-0.25, -0.2) is 0 Å². The van der Waals surface area contributed by atoms with Crippen molar-refractivity contribution in [1.82, 2.24) is 9.80 Å². The molecule has 0 aliphatic carbocycles. The Morgan fingerprint density at radius 2 is 1.96 bits per heavy atom. The Labute approximate surface area is 152 Å². The molecule has 1 aliphatic rings. The van der Waals surface area contributed by atoms with Crippen LogP contribution in [0.3, 0.4) is 0 Å². The molecule has 1 atom stereocenters. The molecule has 1 aromatic carbocycles. The molecule has 1 aromatic heterocycles. The molecule has 25 heavy (non-hydrogen) atoms. The van der Waals surface area contributed by atoms with Crippen LogP contribution < -0.4 is 4.74 Å². The van der Waals surface area contributed by atoms with Crippen molar-refractivity contribution in [2.45, 2.75) is 19.6 Å². The van der Waals surface area contributed by atoms with Gasteiger partial charge in [-0.05, 0) is 53.6 Å². The molecule has 0 radical (unpaired) electrons. The van der Waals surface area contributed by atoms with Crippen molar-refractivity contribution in [3.63, 3.8) is 0 Å². The summed E-state index contributed by atoms with van der Waals surface area (Å²) in [5, 5.41) is 13.1. The minimum Gasteiger partial charge on any atom is -0.481 e. The summed E-state index contributed by atoms with van der Waals surface area (Å²) in [6, 6.07) is 11.0. The molecule has 5 nitrogen and oxygen atoms in total. The number of hydrogen-bond acceptors (Lipinski definition) is 5. The SMILES string of the molecule is CC(Oc1ccc(C#N)cc1)C(=O)N1CCN(Cc2ccsc2)CC1. The van der Waals surface area contributed by atoms with Gasteiger partial charge in [-0.1, -0.05) is 0 Å². The van der Waals surface area contributed by atoms with E-state index in [9.17, 15) is 4.79 Å². The molecule has 0 N–H and O–H groups in total. The summed E-state index contributed by atoms with van der Waals surface area (Å²) in [6.45, 7) is 5.94. The van der Waals surface area contributed by atoms with E-state index in [2.05, 4.69) is 27.8 Å². The first-order valence-electron chi connectivity index (χ1n) is 8.35.